The highest BCUT2D eigenvalue weighted by Gasteiger charge is 2.41. The van der Waals surface area contributed by atoms with Crippen molar-refractivity contribution >= 4 is 5.97 Å². The number of carbonyl (C=O) groups is 1. The van der Waals surface area contributed by atoms with Crippen molar-refractivity contribution in [3.05, 3.63) is 0 Å². The Morgan fingerprint density at radius 3 is 2.71 bits per heavy atom. The molecule has 0 aromatic carbocycles. The van der Waals surface area contributed by atoms with Crippen molar-refractivity contribution in [1.29, 1.82) is 0 Å². The molecule has 1 fully saturated rings. The third-order valence-corrected chi connectivity index (χ3v) is 1.82. The third kappa shape index (κ3) is 2.88. The maximum atomic E-state index is 12.9. The molecule has 1 aliphatic rings. The average Bonchev–Trinajstić information content (AvgIpc) is 2.01. The molecule has 0 saturated carbocycles. The van der Waals surface area contributed by atoms with Crippen LogP contribution < -0.4 is 5.32 Å². The van der Waals surface area contributed by atoms with Gasteiger partial charge in [0, 0.05) is 0 Å². The van der Waals surface area contributed by atoms with Crippen molar-refractivity contribution in [2.75, 3.05) is 26.4 Å². The number of halogens is 2. The lowest BCUT2D eigenvalue weighted by atomic mass is 10.2. The van der Waals surface area contributed by atoms with Crippen molar-refractivity contribution < 1.29 is 23.0 Å². The Bertz CT molecular complexity index is 207. The summed E-state index contributed by atoms with van der Waals surface area (Å²) in [6.45, 7) is 1.58. The predicted octanol–water partition coefficient (Wildman–Crippen LogP) is 0.173. The van der Waals surface area contributed by atoms with E-state index in [1.165, 1.54) is 6.92 Å². The maximum Gasteiger partial charge on any atom is 0.378 e. The summed E-state index contributed by atoms with van der Waals surface area (Å²) in [7, 11) is 0. The van der Waals surface area contributed by atoms with Crippen LogP contribution in [-0.2, 0) is 14.3 Å². The number of nitrogens with one attached hydrogen (secondary N) is 1. The highest BCUT2D eigenvalue weighted by molar-refractivity contribution is 5.77. The van der Waals surface area contributed by atoms with Gasteiger partial charge in [0.1, 0.15) is 0 Å². The highest BCUT2D eigenvalue weighted by atomic mass is 19.3. The Labute approximate surface area is 80.6 Å². The van der Waals surface area contributed by atoms with E-state index in [0.29, 0.717) is 13.2 Å². The summed E-state index contributed by atoms with van der Waals surface area (Å²) in [6.07, 6.45) is 0. The van der Waals surface area contributed by atoms with Crippen molar-refractivity contribution in [3.63, 3.8) is 0 Å². The van der Waals surface area contributed by atoms with Crippen LogP contribution in [0.1, 0.15) is 6.92 Å². The van der Waals surface area contributed by atoms with E-state index in [4.69, 9.17) is 4.74 Å². The number of rotatable bonds is 5. The molecule has 0 aromatic rings. The third-order valence-electron chi connectivity index (χ3n) is 1.82. The molecule has 0 amide bonds. The Hall–Kier alpha value is -0.750. The van der Waals surface area contributed by atoms with E-state index < -0.39 is 18.4 Å². The van der Waals surface area contributed by atoms with Gasteiger partial charge in [-0.25, -0.2) is 4.79 Å². The lowest BCUT2D eigenvalue weighted by Gasteiger charge is -2.28. The van der Waals surface area contributed by atoms with Crippen molar-refractivity contribution in [1.82, 2.24) is 5.32 Å². The van der Waals surface area contributed by atoms with Crippen LogP contribution in [0.2, 0.25) is 0 Å². The molecule has 1 N–H and O–H groups in total. The van der Waals surface area contributed by atoms with Crippen LogP contribution in [0.15, 0.2) is 0 Å². The zero-order chi connectivity index (χ0) is 10.6. The second-order valence-electron chi connectivity index (χ2n) is 3.04. The second kappa shape index (κ2) is 4.65. The molecule has 0 unspecified atom stereocenters. The summed E-state index contributed by atoms with van der Waals surface area (Å²) in [5.41, 5.74) is 0. The smallest absolute Gasteiger partial charge is 0.378 e. The fourth-order valence-corrected chi connectivity index (χ4v) is 0.935. The molecule has 1 saturated heterocycles. The van der Waals surface area contributed by atoms with Crippen LogP contribution in [0.4, 0.5) is 8.78 Å². The molecule has 0 atom stereocenters. The van der Waals surface area contributed by atoms with Crippen molar-refractivity contribution in [3.8, 4) is 0 Å². The van der Waals surface area contributed by atoms with Gasteiger partial charge >= 0.3 is 11.9 Å². The maximum absolute atomic E-state index is 12.9. The summed E-state index contributed by atoms with van der Waals surface area (Å²) in [5, 5.41) is 2.52. The Balaban J connectivity index is 2.27. The first-order valence-corrected chi connectivity index (χ1v) is 4.42. The molecule has 0 aromatic heterocycles. The molecule has 0 aliphatic carbocycles. The normalized spacial score (nSPS) is 17.6. The topological polar surface area (TPSA) is 47.6 Å². The molecule has 1 rings (SSSR count). The summed E-state index contributed by atoms with van der Waals surface area (Å²) >= 11 is 0. The van der Waals surface area contributed by atoms with E-state index in [0.717, 1.165) is 0 Å². The van der Waals surface area contributed by atoms with E-state index in [1.807, 2.05) is 0 Å². The number of hydrogen-bond acceptors (Lipinski definition) is 4. The van der Waals surface area contributed by atoms with Crippen LogP contribution in [0, 0.1) is 0 Å². The molecule has 1 heterocycles. The molecule has 6 heteroatoms. The molecule has 1 aliphatic heterocycles. The van der Waals surface area contributed by atoms with Crippen LogP contribution >= 0.6 is 0 Å². The van der Waals surface area contributed by atoms with E-state index in [9.17, 15) is 13.6 Å². The largest absolute Gasteiger partial charge is 0.462 e. The summed E-state index contributed by atoms with van der Waals surface area (Å²) in [5.74, 6) is -4.93. The van der Waals surface area contributed by atoms with Crippen LogP contribution in [-0.4, -0.2) is 44.3 Å². The second-order valence-corrected chi connectivity index (χ2v) is 3.04. The van der Waals surface area contributed by atoms with Crippen molar-refractivity contribution in [2.24, 2.45) is 0 Å². The van der Waals surface area contributed by atoms with Crippen LogP contribution in [0.25, 0.3) is 0 Å². The number of esters is 1. The van der Waals surface area contributed by atoms with E-state index in [1.54, 1.807) is 0 Å². The van der Waals surface area contributed by atoms with E-state index >= 15 is 0 Å². The van der Waals surface area contributed by atoms with Gasteiger partial charge in [-0.15, -0.1) is 0 Å². The average molecular weight is 209 g/mol. The van der Waals surface area contributed by atoms with Crippen LogP contribution in [0.3, 0.4) is 0 Å². The standard InChI is InChI=1S/C8H13F2NO3/c1-2-14-7(12)8(9,10)5-11-6-3-13-4-6/h6,11H,2-5H2,1H3. The molecular formula is C8H13F2NO3. The Morgan fingerprint density at radius 1 is 1.64 bits per heavy atom. The SMILES string of the molecule is CCOC(=O)C(F)(F)CNC1COC1. The number of carbonyl (C=O) groups excluding carboxylic acids is 1. The highest BCUT2D eigenvalue weighted by Crippen LogP contribution is 2.15. The van der Waals surface area contributed by atoms with Crippen molar-refractivity contribution in [2.45, 2.75) is 18.9 Å². The minimum absolute atomic E-state index is 0.0407. The molecular weight excluding hydrogens is 196 g/mol. The molecule has 14 heavy (non-hydrogen) atoms. The summed E-state index contributed by atoms with van der Waals surface area (Å²) in [4.78, 5) is 10.7. The first kappa shape index (κ1) is 11.3. The van der Waals surface area contributed by atoms with Gasteiger partial charge in [-0.05, 0) is 6.92 Å². The lowest BCUT2D eigenvalue weighted by Crippen LogP contribution is -2.52. The fraction of sp³-hybridized carbons (Fsp3) is 0.875. The van der Waals surface area contributed by atoms with Gasteiger partial charge < -0.3 is 14.8 Å². The van der Waals surface area contributed by atoms with Gasteiger partial charge in [0.05, 0.1) is 32.4 Å². The summed E-state index contributed by atoms with van der Waals surface area (Å²) < 4.78 is 34.9. The fourth-order valence-electron chi connectivity index (χ4n) is 0.935. The zero-order valence-electron chi connectivity index (χ0n) is 7.89. The van der Waals surface area contributed by atoms with E-state index in [-0.39, 0.29) is 12.6 Å². The molecule has 0 bridgehead atoms. The molecule has 4 nitrogen and oxygen atoms in total. The van der Waals surface area contributed by atoms with Gasteiger partial charge in [-0.2, -0.15) is 8.78 Å². The predicted molar refractivity (Wildman–Crippen MR) is 44.2 cm³/mol. The lowest BCUT2D eigenvalue weighted by molar-refractivity contribution is -0.171. The molecule has 82 valence electrons. The number of alkyl halides is 2. The minimum Gasteiger partial charge on any atom is -0.462 e. The van der Waals surface area contributed by atoms with Gasteiger partial charge in [-0.3, -0.25) is 0 Å². The monoisotopic (exact) mass is 209 g/mol. The first-order valence-electron chi connectivity index (χ1n) is 4.42. The number of hydrogen-bond donors (Lipinski definition) is 1. The zero-order valence-corrected chi connectivity index (χ0v) is 7.89. The van der Waals surface area contributed by atoms with E-state index in [2.05, 4.69) is 10.1 Å². The van der Waals surface area contributed by atoms with Gasteiger partial charge in [-0.1, -0.05) is 0 Å². The quantitative estimate of drug-likeness (QED) is 0.656. The van der Waals surface area contributed by atoms with Gasteiger partial charge in [0.25, 0.3) is 0 Å². The Kier molecular flexibility index (Phi) is 3.77. The molecule has 0 spiro atoms. The molecule has 0 radical (unpaired) electrons. The first-order chi connectivity index (χ1) is 6.56. The van der Waals surface area contributed by atoms with Gasteiger partial charge in [0.2, 0.25) is 0 Å². The number of ether oxygens (including phenoxy) is 2. The summed E-state index contributed by atoms with van der Waals surface area (Å²) in [6, 6.07) is -0.0738. The van der Waals surface area contributed by atoms with Gasteiger partial charge in [0.15, 0.2) is 0 Å². The van der Waals surface area contributed by atoms with Crippen LogP contribution in [0.5, 0.6) is 0 Å². The Morgan fingerprint density at radius 2 is 2.29 bits per heavy atom. The minimum atomic E-state index is -3.45.